The number of hydrogen-bond donors (Lipinski definition) is 1. The molecule has 84 valence electrons. The molecule has 0 radical (unpaired) electrons. The summed E-state index contributed by atoms with van der Waals surface area (Å²) in [5.41, 5.74) is 0. The van der Waals surface area contributed by atoms with Gasteiger partial charge in [0.1, 0.15) is 0 Å². The van der Waals surface area contributed by atoms with E-state index in [0.29, 0.717) is 0 Å². The summed E-state index contributed by atoms with van der Waals surface area (Å²) in [5, 5.41) is 4.08. The first-order valence-corrected chi connectivity index (χ1v) is 5.70. The first kappa shape index (κ1) is 13.7. The molecule has 0 heterocycles. The van der Waals surface area contributed by atoms with E-state index in [1.807, 2.05) is 0 Å². The predicted octanol–water partition coefficient (Wildman–Crippen LogP) is 1.15. The van der Waals surface area contributed by atoms with E-state index < -0.39 is 0 Å². The molecule has 4 heteroatoms. The molecule has 0 bridgehead atoms. The highest BCUT2D eigenvalue weighted by molar-refractivity contribution is 7.80. The van der Waals surface area contributed by atoms with Crippen molar-refractivity contribution in [2.45, 2.75) is 20.3 Å². The fourth-order valence-corrected chi connectivity index (χ4v) is 1.50. The average molecular weight is 217 g/mol. The van der Waals surface area contributed by atoms with Crippen molar-refractivity contribution < 1.29 is 0 Å². The SMILES string of the molecule is CCCN(CCN(C)C)C(=S)NCC. The highest BCUT2D eigenvalue weighted by Gasteiger charge is 2.07. The minimum absolute atomic E-state index is 0.885. The molecule has 0 saturated carbocycles. The van der Waals surface area contributed by atoms with E-state index in [-0.39, 0.29) is 0 Å². The molecular weight excluding hydrogens is 194 g/mol. The third kappa shape index (κ3) is 6.16. The van der Waals surface area contributed by atoms with Crippen LogP contribution in [-0.2, 0) is 0 Å². The molecule has 14 heavy (non-hydrogen) atoms. The Morgan fingerprint density at radius 1 is 1.14 bits per heavy atom. The van der Waals surface area contributed by atoms with Crippen molar-refractivity contribution in [1.82, 2.24) is 15.1 Å². The Morgan fingerprint density at radius 3 is 2.21 bits per heavy atom. The van der Waals surface area contributed by atoms with Crippen LogP contribution >= 0.6 is 12.2 Å². The van der Waals surface area contributed by atoms with Crippen LogP contribution in [0.15, 0.2) is 0 Å². The van der Waals surface area contributed by atoms with E-state index in [4.69, 9.17) is 12.2 Å². The molecule has 0 aromatic heterocycles. The summed E-state index contributed by atoms with van der Waals surface area (Å²) in [6.07, 6.45) is 1.14. The van der Waals surface area contributed by atoms with E-state index in [9.17, 15) is 0 Å². The molecule has 0 fully saturated rings. The Morgan fingerprint density at radius 2 is 1.79 bits per heavy atom. The summed E-state index contributed by atoms with van der Waals surface area (Å²) in [5.74, 6) is 0. The molecule has 0 aliphatic carbocycles. The molecule has 1 N–H and O–H groups in total. The molecule has 0 aromatic carbocycles. The molecule has 0 amide bonds. The minimum atomic E-state index is 0.885. The van der Waals surface area contributed by atoms with Gasteiger partial charge in [0.2, 0.25) is 0 Å². The zero-order chi connectivity index (χ0) is 11.0. The van der Waals surface area contributed by atoms with E-state index in [1.165, 1.54) is 0 Å². The van der Waals surface area contributed by atoms with Crippen LogP contribution in [-0.4, -0.2) is 55.2 Å². The average Bonchev–Trinajstić information content (AvgIpc) is 2.12. The fraction of sp³-hybridized carbons (Fsp3) is 0.900. The maximum absolute atomic E-state index is 5.29. The van der Waals surface area contributed by atoms with Gasteiger partial charge in [0, 0.05) is 26.2 Å². The van der Waals surface area contributed by atoms with Gasteiger partial charge in [0.15, 0.2) is 5.11 Å². The molecule has 0 atom stereocenters. The van der Waals surface area contributed by atoms with Crippen molar-refractivity contribution in [1.29, 1.82) is 0 Å². The Labute approximate surface area is 93.5 Å². The molecular formula is C10H23N3S. The molecule has 0 spiro atoms. The predicted molar refractivity (Wildman–Crippen MR) is 66.7 cm³/mol. The van der Waals surface area contributed by atoms with Gasteiger partial charge < -0.3 is 15.1 Å². The first-order chi connectivity index (χ1) is 6.61. The lowest BCUT2D eigenvalue weighted by molar-refractivity contribution is 0.327. The lowest BCUT2D eigenvalue weighted by atomic mass is 10.4. The third-order valence-electron chi connectivity index (χ3n) is 1.93. The Balaban J connectivity index is 3.93. The van der Waals surface area contributed by atoms with Gasteiger partial charge in [-0.3, -0.25) is 0 Å². The van der Waals surface area contributed by atoms with E-state index in [0.717, 1.165) is 37.7 Å². The largest absolute Gasteiger partial charge is 0.363 e. The topological polar surface area (TPSA) is 18.5 Å². The summed E-state index contributed by atoms with van der Waals surface area (Å²) in [6.45, 7) is 8.25. The van der Waals surface area contributed by atoms with Gasteiger partial charge in [0.25, 0.3) is 0 Å². The highest BCUT2D eigenvalue weighted by Crippen LogP contribution is 1.93. The normalized spacial score (nSPS) is 10.4. The minimum Gasteiger partial charge on any atom is -0.363 e. The van der Waals surface area contributed by atoms with Gasteiger partial charge in [-0.15, -0.1) is 0 Å². The molecule has 0 saturated heterocycles. The third-order valence-corrected chi connectivity index (χ3v) is 2.33. The quantitative estimate of drug-likeness (QED) is 0.673. The van der Waals surface area contributed by atoms with Gasteiger partial charge in [-0.05, 0) is 39.7 Å². The lowest BCUT2D eigenvalue weighted by Gasteiger charge is -2.26. The van der Waals surface area contributed by atoms with Gasteiger partial charge in [-0.25, -0.2) is 0 Å². The second-order valence-electron chi connectivity index (χ2n) is 3.63. The maximum atomic E-state index is 5.29. The highest BCUT2D eigenvalue weighted by atomic mass is 32.1. The van der Waals surface area contributed by atoms with Crippen molar-refractivity contribution in [2.75, 3.05) is 40.3 Å². The zero-order valence-electron chi connectivity index (χ0n) is 9.84. The monoisotopic (exact) mass is 217 g/mol. The van der Waals surface area contributed by atoms with Crippen molar-refractivity contribution >= 4 is 17.3 Å². The van der Waals surface area contributed by atoms with Crippen LogP contribution in [0, 0.1) is 0 Å². The summed E-state index contributed by atoms with van der Waals surface area (Å²) in [7, 11) is 4.17. The van der Waals surface area contributed by atoms with Gasteiger partial charge >= 0.3 is 0 Å². The molecule has 0 rings (SSSR count). The number of thiocarbonyl (C=S) groups is 1. The smallest absolute Gasteiger partial charge is 0.168 e. The Kier molecular flexibility index (Phi) is 7.80. The van der Waals surface area contributed by atoms with Crippen molar-refractivity contribution in [3.63, 3.8) is 0 Å². The van der Waals surface area contributed by atoms with Crippen LogP contribution in [0.3, 0.4) is 0 Å². The molecule has 3 nitrogen and oxygen atoms in total. The van der Waals surface area contributed by atoms with Crippen LogP contribution in [0.1, 0.15) is 20.3 Å². The second kappa shape index (κ2) is 8.00. The van der Waals surface area contributed by atoms with E-state index in [1.54, 1.807) is 0 Å². The van der Waals surface area contributed by atoms with E-state index >= 15 is 0 Å². The summed E-state index contributed by atoms with van der Waals surface area (Å²) in [4.78, 5) is 4.41. The second-order valence-corrected chi connectivity index (χ2v) is 4.01. The number of rotatable bonds is 6. The summed E-state index contributed by atoms with van der Waals surface area (Å²) in [6, 6.07) is 0. The molecule has 0 aliphatic heterocycles. The Hall–Kier alpha value is -0.350. The van der Waals surface area contributed by atoms with Crippen LogP contribution in [0.4, 0.5) is 0 Å². The van der Waals surface area contributed by atoms with Crippen LogP contribution in [0.5, 0.6) is 0 Å². The number of nitrogens with zero attached hydrogens (tertiary/aromatic N) is 2. The summed E-state index contributed by atoms with van der Waals surface area (Å²) < 4.78 is 0. The standard InChI is InChI=1S/C10H23N3S/c1-5-7-13(9-8-12(3)4)10(14)11-6-2/h5-9H2,1-4H3,(H,11,14). The van der Waals surface area contributed by atoms with Gasteiger partial charge in [-0.2, -0.15) is 0 Å². The molecule has 0 unspecified atom stereocenters. The summed E-state index contributed by atoms with van der Waals surface area (Å²) >= 11 is 5.29. The van der Waals surface area contributed by atoms with Crippen LogP contribution in [0.2, 0.25) is 0 Å². The van der Waals surface area contributed by atoms with Gasteiger partial charge in [0.05, 0.1) is 0 Å². The zero-order valence-corrected chi connectivity index (χ0v) is 10.7. The molecule has 0 aromatic rings. The fourth-order valence-electron chi connectivity index (χ4n) is 1.17. The van der Waals surface area contributed by atoms with Gasteiger partial charge in [-0.1, -0.05) is 6.92 Å². The first-order valence-electron chi connectivity index (χ1n) is 5.29. The van der Waals surface area contributed by atoms with E-state index in [2.05, 4.69) is 43.1 Å². The molecule has 0 aliphatic rings. The van der Waals surface area contributed by atoms with Crippen molar-refractivity contribution in [3.8, 4) is 0 Å². The van der Waals surface area contributed by atoms with Crippen molar-refractivity contribution in [3.05, 3.63) is 0 Å². The maximum Gasteiger partial charge on any atom is 0.168 e. The Bertz CT molecular complexity index is 159. The number of nitrogens with one attached hydrogen (secondary N) is 1. The lowest BCUT2D eigenvalue weighted by Crippen LogP contribution is -2.43. The van der Waals surface area contributed by atoms with Crippen LogP contribution < -0.4 is 5.32 Å². The number of hydrogen-bond acceptors (Lipinski definition) is 2. The van der Waals surface area contributed by atoms with Crippen molar-refractivity contribution in [2.24, 2.45) is 0 Å². The van der Waals surface area contributed by atoms with Crippen LogP contribution in [0.25, 0.3) is 0 Å². The number of likely N-dealkylation sites (N-methyl/N-ethyl adjacent to an activating group) is 1.